The molecule has 1 aliphatic carbocycles. The predicted molar refractivity (Wildman–Crippen MR) is 79.0 cm³/mol. The lowest BCUT2D eigenvalue weighted by molar-refractivity contribution is 0.889. The molecule has 0 aliphatic heterocycles. The number of aryl methyl sites for hydroxylation is 3. The standard InChI is InChI=1S/C15H15ClN2S/c1-2-14-17-13(16)9-15(18-14)19-12-7-6-10-4-3-5-11(10)8-12/h6-9H,2-5H2,1H3. The Kier molecular flexibility index (Phi) is 3.76. The van der Waals surface area contributed by atoms with Crippen molar-refractivity contribution in [3.63, 3.8) is 0 Å². The SMILES string of the molecule is CCc1nc(Cl)cc(Sc2ccc3c(c2)CCC3)n1. The van der Waals surface area contributed by atoms with Gasteiger partial charge in [-0.2, -0.15) is 0 Å². The summed E-state index contributed by atoms with van der Waals surface area (Å²) in [6.07, 6.45) is 4.51. The van der Waals surface area contributed by atoms with E-state index >= 15 is 0 Å². The summed E-state index contributed by atoms with van der Waals surface area (Å²) < 4.78 is 0. The molecule has 3 rings (SSSR count). The van der Waals surface area contributed by atoms with Crippen LogP contribution < -0.4 is 0 Å². The van der Waals surface area contributed by atoms with Crippen LogP contribution in [-0.4, -0.2) is 9.97 Å². The van der Waals surface area contributed by atoms with Gasteiger partial charge in [0.25, 0.3) is 0 Å². The van der Waals surface area contributed by atoms with Gasteiger partial charge in [0.05, 0.1) is 0 Å². The Morgan fingerprint density at radius 1 is 1.16 bits per heavy atom. The molecule has 0 fully saturated rings. The summed E-state index contributed by atoms with van der Waals surface area (Å²) in [6, 6.07) is 8.54. The average Bonchev–Trinajstić information content (AvgIpc) is 2.85. The second-order valence-corrected chi connectivity index (χ2v) is 6.17. The van der Waals surface area contributed by atoms with E-state index in [1.165, 1.54) is 35.3 Å². The third kappa shape index (κ3) is 2.93. The second kappa shape index (κ2) is 5.51. The molecule has 0 atom stereocenters. The normalized spacial score (nSPS) is 13.6. The molecular formula is C15H15ClN2S. The van der Waals surface area contributed by atoms with Crippen molar-refractivity contribution in [2.24, 2.45) is 0 Å². The van der Waals surface area contributed by atoms with Crippen molar-refractivity contribution in [1.82, 2.24) is 9.97 Å². The summed E-state index contributed by atoms with van der Waals surface area (Å²) in [5, 5.41) is 1.45. The van der Waals surface area contributed by atoms with Crippen LogP contribution >= 0.6 is 23.4 Å². The Morgan fingerprint density at radius 2 is 2.00 bits per heavy atom. The van der Waals surface area contributed by atoms with Crippen LogP contribution in [0.25, 0.3) is 0 Å². The summed E-state index contributed by atoms with van der Waals surface area (Å²) >= 11 is 7.69. The molecule has 1 aliphatic rings. The number of halogens is 1. The number of hydrogen-bond donors (Lipinski definition) is 0. The number of benzene rings is 1. The third-order valence-corrected chi connectivity index (χ3v) is 4.43. The van der Waals surface area contributed by atoms with Gasteiger partial charge in [-0.1, -0.05) is 36.4 Å². The molecule has 19 heavy (non-hydrogen) atoms. The van der Waals surface area contributed by atoms with Gasteiger partial charge < -0.3 is 0 Å². The minimum atomic E-state index is 0.524. The van der Waals surface area contributed by atoms with Crippen molar-refractivity contribution in [2.75, 3.05) is 0 Å². The van der Waals surface area contributed by atoms with Crippen molar-refractivity contribution in [2.45, 2.75) is 42.5 Å². The molecule has 1 aromatic heterocycles. The summed E-state index contributed by atoms with van der Waals surface area (Å²) in [5.74, 6) is 0.802. The van der Waals surface area contributed by atoms with Crippen LogP contribution in [0.2, 0.25) is 5.15 Å². The first-order valence-corrected chi connectivity index (χ1v) is 7.77. The Hall–Kier alpha value is -1.06. The minimum Gasteiger partial charge on any atom is -0.226 e. The fourth-order valence-electron chi connectivity index (χ4n) is 2.38. The van der Waals surface area contributed by atoms with E-state index in [2.05, 4.69) is 28.2 Å². The summed E-state index contributed by atoms with van der Waals surface area (Å²) in [6.45, 7) is 2.04. The number of fused-ring (bicyclic) bond motifs is 1. The van der Waals surface area contributed by atoms with Crippen molar-refractivity contribution in [3.05, 3.63) is 46.4 Å². The fraction of sp³-hybridized carbons (Fsp3) is 0.333. The second-order valence-electron chi connectivity index (χ2n) is 4.68. The van der Waals surface area contributed by atoms with Gasteiger partial charge in [0.2, 0.25) is 0 Å². The zero-order chi connectivity index (χ0) is 13.2. The summed E-state index contributed by atoms with van der Waals surface area (Å²) in [7, 11) is 0. The molecule has 2 aromatic rings. The van der Waals surface area contributed by atoms with E-state index < -0.39 is 0 Å². The molecule has 0 unspecified atom stereocenters. The van der Waals surface area contributed by atoms with Gasteiger partial charge in [-0.25, -0.2) is 9.97 Å². The van der Waals surface area contributed by atoms with Crippen molar-refractivity contribution >= 4 is 23.4 Å². The van der Waals surface area contributed by atoms with E-state index in [0.717, 1.165) is 17.3 Å². The lowest BCUT2D eigenvalue weighted by Gasteiger charge is -2.06. The minimum absolute atomic E-state index is 0.524. The first-order chi connectivity index (χ1) is 9.24. The molecule has 98 valence electrons. The molecular weight excluding hydrogens is 276 g/mol. The van der Waals surface area contributed by atoms with Crippen LogP contribution in [0, 0.1) is 0 Å². The quantitative estimate of drug-likeness (QED) is 0.787. The smallest absolute Gasteiger partial charge is 0.133 e. The molecule has 0 amide bonds. The molecule has 1 aromatic carbocycles. The number of nitrogens with zero attached hydrogens (tertiary/aromatic N) is 2. The molecule has 0 spiro atoms. The molecule has 1 heterocycles. The maximum Gasteiger partial charge on any atom is 0.133 e. The Labute approximate surface area is 122 Å². The summed E-state index contributed by atoms with van der Waals surface area (Å²) in [4.78, 5) is 9.93. The van der Waals surface area contributed by atoms with E-state index in [1.807, 2.05) is 13.0 Å². The zero-order valence-corrected chi connectivity index (χ0v) is 12.4. The van der Waals surface area contributed by atoms with E-state index in [-0.39, 0.29) is 0 Å². The van der Waals surface area contributed by atoms with Gasteiger partial charge in [0.1, 0.15) is 16.0 Å². The van der Waals surface area contributed by atoms with Crippen LogP contribution in [-0.2, 0) is 19.3 Å². The molecule has 0 saturated heterocycles. The van der Waals surface area contributed by atoms with E-state index in [9.17, 15) is 0 Å². The van der Waals surface area contributed by atoms with Gasteiger partial charge in [-0.15, -0.1) is 0 Å². The highest BCUT2D eigenvalue weighted by Crippen LogP contribution is 2.31. The van der Waals surface area contributed by atoms with Crippen molar-refractivity contribution < 1.29 is 0 Å². The largest absolute Gasteiger partial charge is 0.226 e. The van der Waals surface area contributed by atoms with Crippen LogP contribution in [0.3, 0.4) is 0 Å². The van der Waals surface area contributed by atoms with Crippen LogP contribution in [0.1, 0.15) is 30.3 Å². The number of hydrogen-bond acceptors (Lipinski definition) is 3. The monoisotopic (exact) mass is 290 g/mol. The lowest BCUT2D eigenvalue weighted by atomic mass is 10.1. The highest BCUT2D eigenvalue weighted by atomic mass is 35.5. The van der Waals surface area contributed by atoms with Crippen molar-refractivity contribution in [3.8, 4) is 0 Å². The molecule has 4 heteroatoms. The van der Waals surface area contributed by atoms with Gasteiger partial charge in [0, 0.05) is 17.4 Å². The maximum atomic E-state index is 6.02. The third-order valence-electron chi connectivity index (χ3n) is 3.33. The van der Waals surface area contributed by atoms with E-state index in [0.29, 0.717) is 5.15 Å². The van der Waals surface area contributed by atoms with Gasteiger partial charge in [-0.3, -0.25) is 0 Å². The first kappa shape index (κ1) is 12.9. The molecule has 0 radical (unpaired) electrons. The predicted octanol–water partition coefficient (Wildman–Crippen LogP) is 4.33. The maximum absolute atomic E-state index is 6.02. The first-order valence-electron chi connectivity index (χ1n) is 6.57. The molecule has 0 saturated carbocycles. The molecule has 0 N–H and O–H groups in total. The lowest BCUT2D eigenvalue weighted by Crippen LogP contribution is -1.94. The molecule has 2 nitrogen and oxygen atoms in total. The van der Waals surface area contributed by atoms with Gasteiger partial charge in [0.15, 0.2) is 0 Å². The molecule has 0 bridgehead atoms. The highest BCUT2D eigenvalue weighted by Gasteiger charge is 2.12. The average molecular weight is 291 g/mol. The van der Waals surface area contributed by atoms with Gasteiger partial charge >= 0.3 is 0 Å². The zero-order valence-electron chi connectivity index (χ0n) is 10.8. The van der Waals surface area contributed by atoms with E-state index in [4.69, 9.17) is 11.6 Å². The Balaban J connectivity index is 1.86. The number of aromatic nitrogens is 2. The number of rotatable bonds is 3. The van der Waals surface area contributed by atoms with Gasteiger partial charge in [-0.05, 0) is 42.5 Å². The Bertz CT molecular complexity index is 613. The van der Waals surface area contributed by atoms with Crippen LogP contribution in [0.4, 0.5) is 0 Å². The summed E-state index contributed by atoms with van der Waals surface area (Å²) in [5.41, 5.74) is 2.99. The van der Waals surface area contributed by atoms with Crippen LogP contribution in [0.15, 0.2) is 34.2 Å². The topological polar surface area (TPSA) is 25.8 Å². The Morgan fingerprint density at radius 3 is 2.84 bits per heavy atom. The van der Waals surface area contributed by atoms with Crippen LogP contribution in [0.5, 0.6) is 0 Å². The fourth-order valence-corrected chi connectivity index (χ4v) is 3.55. The van der Waals surface area contributed by atoms with E-state index in [1.54, 1.807) is 11.8 Å². The highest BCUT2D eigenvalue weighted by molar-refractivity contribution is 7.99. The van der Waals surface area contributed by atoms with Crippen molar-refractivity contribution in [1.29, 1.82) is 0 Å².